The molecule has 0 aliphatic carbocycles. The van der Waals surface area contributed by atoms with E-state index in [1.165, 1.54) is 17.4 Å². The molecule has 3 aromatic rings. The Labute approximate surface area is 164 Å². The van der Waals surface area contributed by atoms with E-state index in [2.05, 4.69) is 16.2 Å². The van der Waals surface area contributed by atoms with Gasteiger partial charge in [-0.25, -0.2) is 0 Å². The highest BCUT2D eigenvalue weighted by molar-refractivity contribution is 7.12. The maximum atomic E-state index is 12.2. The average Bonchev–Trinajstić information content (AvgIpc) is 3.21. The molecule has 0 spiro atoms. The zero-order valence-electron chi connectivity index (χ0n) is 13.9. The number of carbonyl (C=O) groups is 3. The zero-order chi connectivity index (χ0) is 19.2. The molecule has 3 rings (SSSR count). The highest BCUT2D eigenvalue weighted by Gasteiger charge is 2.11. The van der Waals surface area contributed by atoms with E-state index in [4.69, 9.17) is 11.6 Å². The van der Waals surface area contributed by atoms with Crippen molar-refractivity contribution >= 4 is 46.3 Å². The Morgan fingerprint density at radius 2 is 1.48 bits per heavy atom. The molecular weight excluding hydrogens is 386 g/mol. The van der Waals surface area contributed by atoms with Gasteiger partial charge in [0.25, 0.3) is 17.7 Å². The normalized spacial score (nSPS) is 10.1. The number of nitrogens with one attached hydrogen (secondary N) is 3. The van der Waals surface area contributed by atoms with Crippen LogP contribution in [-0.2, 0) is 0 Å². The summed E-state index contributed by atoms with van der Waals surface area (Å²) in [6, 6.07) is 16.2. The minimum atomic E-state index is -0.510. The van der Waals surface area contributed by atoms with Crippen molar-refractivity contribution in [2.24, 2.45) is 0 Å². The lowest BCUT2D eigenvalue weighted by molar-refractivity contribution is 0.0846. The number of hydrazine groups is 1. The fourth-order valence-electron chi connectivity index (χ4n) is 2.20. The van der Waals surface area contributed by atoms with Crippen LogP contribution in [0.25, 0.3) is 0 Å². The number of rotatable bonds is 4. The second kappa shape index (κ2) is 8.48. The second-order valence-corrected chi connectivity index (χ2v) is 6.81. The Morgan fingerprint density at radius 3 is 2.15 bits per heavy atom. The van der Waals surface area contributed by atoms with Crippen molar-refractivity contribution in [3.63, 3.8) is 0 Å². The lowest BCUT2D eigenvalue weighted by Gasteiger charge is -2.09. The molecule has 27 heavy (non-hydrogen) atoms. The van der Waals surface area contributed by atoms with E-state index in [9.17, 15) is 14.4 Å². The molecule has 0 radical (unpaired) electrons. The van der Waals surface area contributed by atoms with E-state index in [-0.39, 0.29) is 11.5 Å². The molecule has 0 fully saturated rings. The standard InChI is InChI=1S/C19H14ClN3O3S/c20-14-8-6-12(7-9-14)17(24)22-23-18(25)13-3-1-4-15(11-13)21-19(26)16-5-2-10-27-16/h1-11H,(H,21,26)(H,22,24)(H,23,25). The zero-order valence-corrected chi connectivity index (χ0v) is 15.4. The van der Waals surface area contributed by atoms with Gasteiger partial charge in [0.2, 0.25) is 0 Å². The van der Waals surface area contributed by atoms with E-state index in [0.29, 0.717) is 21.2 Å². The first-order valence-electron chi connectivity index (χ1n) is 7.84. The second-order valence-electron chi connectivity index (χ2n) is 5.43. The topological polar surface area (TPSA) is 87.3 Å². The summed E-state index contributed by atoms with van der Waals surface area (Å²) in [5, 5.41) is 5.05. The third kappa shape index (κ3) is 4.93. The number of hydrogen-bond acceptors (Lipinski definition) is 4. The molecule has 0 saturated heterocycles. The molecule has 1 aromatic heterocycles. The van der Waals surface area contributed by atoms with E-state index >= 15 is 0 Å². The summed E-state index contributed by atoms with van der Waals surface area (Å²) >= 11 is 7.10. The third-order valence-corrected chi connectivity index (χ3v) is 4.64. The van der Waals surface area contributed by atoms with E-state index in [1.54, 1.807) is 54.6 Å². The summed E-state index contributed by atoms with van der Waals surface area (Å²) in [5.74, 6) is -1.23. The SMILES string of the molecule is O=C(NNC(=O)c1cccc(NC(=O)c2cccs2)c1)c1ccc(Cl)cc1. The molecule has 0 saturated carbocycles. The largest absolute Gasteiger partial charge is 0.321 e. The molecule has 0 atom stereocenters. The van der Waals surface area contributed by atoms with Gasteiger partial charge in [0.05, 0.1) is 4.88 Å². The molecule has 2 aromatic carbocycles. The van der Waals surface area contributed by atoms with Gasteiger partial charge < -0.3 is 5.32 Å². The predicted octanol–water partition coefficient (Wildman–Crippen LogP) is 3.73. The lowest BCUT2D eigenvalue weighted by atomic mass is 10.2. The van der Waals surface area contributed by atoms with Crippen LogP contribution in [0.5, 0.6) is 0 Å². The molecule has 1 heterocycles. The summed E-state index contributed by atoms with van der Waals surface area (Å²) in [6.45, 7) is 0. The number of anilines is 1. The van der Waals surface area contributed by atoms with Crippen LogP contribution in [0.15, 0.2) is 66.0 Å². The Kier molecular flexibility index (Phi) is 5.85. The monoisotopic (exact) mass is 399 g/mol. The van der Waals surface area contributed by atoms with Crippen molar-refractivity contribution in [2.45, 2.75) is 0 Å². The van der Waals surface area contributed by atoms with Gasteiger partial charge in [0.15, 0.2) is 0 Å². The van der Waals surface area contributed by atoms with Gasteiger partial charge in [-0.2, -0.15) is 0 Å². The van der Waals surface area contributed by atoms with Crippen LogP contribution in [0, 0.1) is 0 Å². The van der Waals surface area contributed by atoms with Gasteiger partial charge in [-0.05, 0) is 53.9 Å². The van der Waals surface area contributed by atoms with Crippen LogP contribution >= 0.6 is 22.9 Å². The van der Waals surface area contributed by atoms with Crippen molar-refractivity contribution in [1.82, 2.24) is 10.9 Å². The van der Waals surface area contributed by atoms with Gasteiger partial charge in [-0.1, -0.05) is 23.7 Å². The number of halogens is 1. The first-order valence-corrected chi connectivity index (χ1v) is 9.10. The first kappa shape index (κ1) is 18.6. The molecule has 8 heteroatoms. The molecule has 3 N–H and O–H groups in total. The highest BCUT2D eigenvalue weighted by Crippen LogP contribution is 2.15. The van der Waals surface area contributed by atoms with Gasteiger partial charge in [-0.15, -0.1) is 11.3 Å². The van der Waals surface area contributed by atoms with E-state index in [0.717, 1.165) is 0 Å². The minimum absolute atomic E-state index is 0.251. The van der Waals surface area contributed by atoms with Crippen molar-refractivity contribution in [2.75, 3.05) is 5.32 Å². The highest BCUT2D eigenvalue weighted by atomic mass is 35.5. The number of carbonyl (C=O) groups excluding carboxylic acids is 3. The third-order valence-electron chi connectivity index (χ3n) is 3.52. The quantitative estimate of drug-likeness (QED) is 0.584. The number of thiophene rings is 1. The summed E-state index contributed by atoms with van der Waals surface area (Å²) < 4.78 is 0. The van der Waals surface area contributed by atoms with Gasteiger partial charge >= 0.3 is 0 Å². The smallest absolute Gasteiger partial charge is 0.269 e. The molecule has 0 aliphatic heterocycles. The molecule has 6 nitrogen and oxygen atoms in total. The number of benzene rings is 2. The van der Waals surface area contributed by atoms with Crippen LogP contribution in [-0.4, -0.2) is 17.7 Å². The fourth-order valence-corrected chi connectivity index (χ4v) is 2.94. The molecular formula is C19H14ClN3O3S. The fraction of sp³-hybridized carbons (Fsp3) is 0. The lowest BCUT2D eigenvalue weighted by Crippen LogP contribution is -2.41. The van der Waals surface area contributed by atoms with Crippen molar-refractivity contribution in [1.29, 1.82) is 0 Å². The summed E-state index contributed by atoms with van der Waals surface area (Å²) in [6.07, 6.45) is 0. The van der Waals surface area contributed by atoms with Gasteiger partial charge in [0.1, 0.15) is 0 Å². The summed E-state index contributed by atoms with van der Waals surface area (Å²) in [7, 11) is 0. The molecule has 136 valence electrons. The van der Waals surface area contributed by atoms with Crippen LogP contribution in [0.1, 0.15) is 30.4 Å². The minimum Gasteiger partial charge on any atom is -0.321 e. The van der Waals surface area contributed by atoms with Crippen LogP contribution in [0.3, 0.4) is 0 Å². The van der Waals surface area contributed by atoms with Crippen LogP contribution in [0.2, 0.25) is 5.02 Å². The van der Waals surface area contributed by atoms with Gasteiger partial charge in [0, 0.05) is 21.8 Å². The number of hydrogen-bond donors (Lipinski definition) is 3. The average molecular weight is 400 g/mol. The van der Waals surface area contributed by atoms with Gasteiger partial charge in [-0.3, -0.25) is 25.2 Å². The maximum Gasteiger partial charge on any atom is 0.269 e. The van der Waals surface area contributed by atoms with Crippen molar-refractivity contribution in [3.05, 3.63) is 87.1 Å². The Morgan fingerprint density at radius 1 is 0.778 bits per heavy atom. The van der Waals surface area contributed by atoms with Crippen molar-refractivity contribution in [3.8, 4) is 0 Å². The maximum absolute atomic E-state index is 12.2. The Balaban J connectivity index is 1.60. The van der Waals surface area contributed by atoms with Crippen LogP contribution < -0.4 is 16.2 Å². The molecule has 0 aliphatic rings. The van der Waals surface area contributed by atoms with Crippen LogP contribution in [0.4, 0.5) is 5.69 Å². The van der Waals surface area contributed by atoms with Crippen molar-refractivity contribution < 1.29 is 14.4 Å². The Hall–Kier alpha value is -3.16. The number of amides is 3. The van der Waals surface area contributed by atoms with E-state index < -0.39 is 11.8 Å². The first-order chi connectivity index (χ1) is 13.0. The summed E-state index contributed by atoms with van der Waals surface area (Å²) in [5.41, 5.74) is 5.79. The van der Waals surface area contributed by atoms with E-state index in [1.807, 2.05) is 5.38 Å². The molecule has 3 amide bonds. The predicted molar refractivity (Wildman–Crippen MR) is 105 cm³/mol. The Bertz CT molecular complexity index is 972. The molecule has 0 unspecified atom stereocenters. The summed E-state index contributed by atoms with van der Waals surface area (Å²) in [4.78, 5) is 36.9. The molecule has 0 bridgehead atoms.